The van der Waals surface area contributed by atoms with Crippen LogP contribution < -0.4 is 10.9 Å². The molecule has 1 N–H and O–H groups in total. The summed E-state index contributed by atoms with van der Waals surface area (Å²) < 4.78 is 9.92. The number of thioether (sulfide) groups is 1. The van der Waals surface area contributed by atoms with Gasteiger partial charge in [-0.2, -0.15) is 0 Å². The van der Waals surface area contributed by atoms with Gasteiger partial charge in [-0.25, -0.2) is 0 Å². The first kappa shape index (κ1) is 21.2. The average Bonchev–Trinajstić information content (AvgIpc) is 3.52. The first-order valence-electron chi connectivity index (χ1n) is 10.5. The summed E-state index contributed by atoms with van der Waals surface area (Å²) in [6.07, 6.45) is 1.93. The Balaban J connectivity index is 1.42. The Hall–Kier alpha value is -2.69. The van der Waals surface area contributed by atoms with Crippen LogP contribution in [0.3, 0.4) is 0 Å². The topological polar surface area (TPSA) is 90.5 Å². The summed E-state index contributed by atoms with van der Waals surface area (Å²) in [5.41, 5.74) is 3.67. The van der Waals surface area contributed by atoms with Gasteiger partial charge < -0.3 is 10.1 Å². The van der Waals surface area contributed by atoms with Gasteiger partial charge in [0.05, 0.1) is 23.9 Å². The monoisotopic (exact) mass is 469 g/mol. The minimum Gasteiger partial charge on any atom is -0.376 e. The number of carbonyl (C=O) groups excluding carboxylic acids is 1. The highest BCUT2D eigenvalue weighted by Crippen LogP contribution is 2.25. The number of hydrogen-bond acceptors (Lipinski definition) is 7. The lowest BCUT2D eigenvalue weighted by molar-refractivity contribution is -0.113. The largest absolute Gasteiger partial charge is 0.376 e. The van der Waals surface area contributed by atoms with Crippen molar-refractivity contribution in [2.24, 2.45) is 0 Å². The van der Waals surface area contributed by atoms with Crippen LogP contribution in [0, 0.1) is 13.8 Å². The molecule has 3 aromatic heterocycles. The van der Waals surface area contributed by atoms with E-state index in [2.05, 4.69) is 15.5 Å². The van der Waals surface area contributed by atoms with Crippen LogP contribution in [0.5, 0.6) is 0 Å². The summed E-state index contributed by atoms with van der Waals surface area (Å²) in [6, 6.07) is 7.82. The quantitative estimate of drug-likeness (QED) is 0.434. The molecule has 166 valence electrons. The minimum absolute atomic E-state index is 0.00485. The maximum Gasteiger partial charge on any atom is 0.272 e. The molecular formula is C22H23N5O3S2. The number of anilines is 1. The van der Waals surface area contributed by atoms with E-state index in [9.17, 15) is 9.59 Å². The number of aromatic nitrogens is 4. The van der Waals surface area contributed by atoms with E-state index in [1.54, 1.807) is 4.57 Å². The second-order valence-corrected chi connectivity index (χ2v) is 9.82. The van der Waals surface area contributed by atoms with Crippen LogP contribution in [0.25, 0.3) is 16.0 Å². The maximum absolute atomic E-state index is 13.1. The van der Waals surface area contributed by atoms with Gasteiger partial charge in [0.15, 0.2) is 5.16 Å². The van der Waals surface area contributed by atoms with Gasteiger partial charge in [-0.1, -0.05) is 29.5 Å². The zero-order valence-corrected chi connectivity index (χ0v) is 19.5. The molecule has 8 nitrogen and oxygen atoms in total. The van der Waals surface area contributed by atoms with E-state index >= 15 is 0 Å². The first-order valence-corrected chi connectivity index (χ1v) is 12.3. The second-order valence-electron chi connectivity index (χ2n) is 7.96. The van der Waals surface area contributed by atoms with Crippen LogP contribution in [0.2, 0.25) is 0 Å². The zero-order valence-electron chi connectivity index (χ0n) is 17.8. The summed E-state index contributed by atoms with van der Waals surface area (Å²) >= 11 is 2.71. The highest BCUT2D eigenvalue weighted by molar-refractivity contribution is 7.99. The van der Waals surface area contributed by atoms with Crippen molar-refractivity contribution in [2.75, 3.05) is 17.7 Å². The van der Waals surface area contributed by atoms with Gasteiger partial charge in [0.2, 0.25) is 11.7 Å². The third-order valence-corrected chi connectivity index (χ3v) is 7.40. The molecule has 1 atom stereocenters. The number of nitrogens with one attached hydrogen (secondary N) is 1. The second kappa shape index (κ2) is 8.68. The molecule has 1 aliphatic rings. The van der Waals surface area contributed by atoms with Crippen LogP contribution in [0.1, 0.15) is 24.0 Å². The van der Waals surface area contributed by atoms with Crippen molar-refractivity contribution >= 4 is 50.7 Å². The number of thiophene rings is 1. The fraction of sp³-hybridized carbons (Fsp3) is 0.364. The van der Waals surface area contributed by atoms with Crippen LogP contribution in [-0.2, 0) is 16.1 Å². The Kier molecular flexibility index (Phi) is 5.75. The van der Waals surface area contributed by atoms with E-state index in [-0.39, 0.29) is 23.3 Å². The SMILES string of the molecule is Cc1ccc(NC(=O)CSc2nnc3n(C[C@@H]4CCCO4)c(=O)c4sccc4n23)c(C)c1. The fourth-order valence-corrected chi connectivity index (χ4v) is 5.58. The van der Waals surface area contributed by atoms with Gasteiger partial charge in [0.1, 0.15) is 4.70 Å². The Morgan fingerprint density at radius 2 is 2.19 bits per heavy atom. The molecule has 32 heavy (non-hydrogen) atoms. The van der Waals surface area contributed by atoms with Crippen molar-refractivity contribution in [1.82, 2.24) is 19.2 Å². The first-order chi connectivity index (χ1) is 15.5. The molecule has 10 heteroatoms. The van der Waals surface area contributed by atoms with Crippen LogP contribution in [0.4, 0.5) is 5.69 Å². The van der Waals surface area contributed by atoms with Crippen molar-refractivity contribution in [2.45, 2.75) is 44.5 Å². The van der Waals surface area contributed by atoms with Crippen LogP contribution in [0.15, 0.2) is 39.6 Å². The van der Waals surface area contributed by atoms with Gasteiger partial charge in [0, 0.05) is 12.3 Å². The number of ether oxygens (including phenoxy) is 1. The van der Waals surface area contributed by atoms with Gasteiger partial charge >= 0.3 is 0 Å². The summed E-state index contributed by atoms with van der Waals surface area (Å²) in [7, 11) is 0. The third-order valence-electron chi connectivity index (χ3n) is 5.58. The zero-order chi connectivity index (χ0) is 22.2. The normalized spacial score (nSPS) is 16.2. The molecule has 0 radical (unpaired) electrons. The molecule has 0 aliphatic carbocycles. The van der Waals surface area contributed by atoms with Crippen molar-refractivity contribution in [1.29, 1.82) is 0 Å². The van der Waals surface area contributed by atoms with E-state index in [1.165, 1.54) is 23.1 Å². The van der Waals surface area contributed by atoms with Gasteiger partial charge in [0.25, 0.3) is 5.56 Å². The van der Waals surface area contributed by atoms with E-state index in [0.717, 1.165) is 41.8 Å². The van der Waals surface area contributed by atoms with Crippen molar-refractivity contribution in [3.63, 3.8) is 0 Å². The summed E-state index contributed by atoms with van der Waals surface area (Å²) in [4.78, 5) is 25.7. The molecule has 0 unspecified atom stereocenters. The molecule has 0 bridgehead atoms. The standard InChI is InChI=1S/C22H23N5O3S2/c1-13-5-6-16(14(2)10-13)23-18(28)12-32-22-25-24-21-26(11-15-4-3-8-30-15)20(29)19-17(27(21)22)7-9-31-19/h5-7,9-10,15H,3-4,8,11-12H2,1-2H3,(H,23,28)/t15-/m0/s1. The lowest BCUT2D eigenvalue weighted by Crippen LogP contribution is -2.28. The molecular weight excluding hydrogens is 446 g/mol. The molecule has 1 amide bonds. The van der Waals surface area contributed by atoms with E-state index in [4.69, 9.17) is 4.74 Å². The van der Waals surface area contributed by atoms with Crippen molar-refractivity contribution < 1.29 is 9.53 Å². The molecule has 1 saturated heterocycles. The molecule has 0 spiro atoms. The smallest absolute Gasteiger partial charge is 0.272 e. The number of hydrogen-bond donors (Lipinski definition) is 1. The Bertz CT molecular complexity index is 1370. The third kappa shape index (κ3) is 3.94. The minimum atomic E-state index is -0.118. The van der Waals surface area contributed by atoms with Crippen LogP contribution >= 0.6 is 23.1 Å². The lowest BCUT2D eigenvalue weighted by Gasteiger charge is -2.13. The van der Waals surface area contributed by atoms with Crippen molar-refractivity contribution in [3.8, 4) is 0 Å². The number of carbonyl (C=O) groups is 1. The molecule has 1 fully saturated rings. The molecule has 0 saturated carbocycles. The molecule has 4 heterocycles. The average molecular weight is 470 g/mol. The number of fused-ring (bicyclic) bond motifs is 3. The highest BCUT2D eigenvalue weighted by Gasteiger charge is 2.23. The Morgan fingerprint density at radius 1 is 1.31 bits per heavy atom. The molecule has 1 aliphatic heterocycles. The van der Waals surface area contributed by atoms with Gasteiger partial charge in [-0.15, -0.1) is 21.5 Å². The van der Waals surface area contributed by atoms with E-state index in [1.807, 2.05) is 47.9 Å². The molecule has 5 rings (SSSR count). The molecule has 4 aromatic rings. The number of aryl methyl sites for hydroxylation is 2. The Morgan fingerprint density at radius 3 is 2.97 bits per heavy atom. The predicted molar refractivity (Wildman–Crippen MR) is 127 cm³/mol. The maximum atomic E-state index is 13.1. The lowest BCUT2D eigenvalue weighted by atomic mass is 10.1. The number of benzene rings is 1. The summed E-state index contributed by atoms with van der Waals surface area (Å²) in [5.74, 6) is 0.548. The summed E-state index contributed by atoms with van der Waals surface area (Å²) in [6.45, 7) is 5.17. The van der Waals surface area contributed by atoms with E-state index < -0.39 is 0 Å². The number of nitrogens with zero attached hydrogens (tertiary/aromatic N) is 4. The Labute approximate surface area is 192 Å². The van der Waals surface area contributed by atoms with E-state index in [0.29, 0.717) is 22.2 Å². The fourth-order valence-electron chi connectivity index (χ4n) is 4.02. The van der Waals surface area contributed by atoms with Crippen LogP contribution in [-0.4, -0.2) is 43.5 Å². The van der Waals surface area contributed by atoms with Gasteiger partial charge in [-0.05, 0) is 49.8 Å². The highest BCUT2D eigenvalue weighted by atomic mass is 32.2. The number of amides is 1. The van der Waals surface area contributed by atoms with Gasteiger partial charge in [-0.3, -0.25) is 18.6 Å². The van der Waals surface area contributed by atoms with Crippen molar-refractivity contribution in [3.05, 3.63) is 51.1 Å². The predicted octanol–water partition coefficient (Wildman–Crippen LogP) is 3.63. The molecule has 1 aromatic carbocycles. The number of rotatable bonds is 6. The summed E-state index contributed by atoms with van der Waals surface area (Å²) in [5, 5.41) is 14.1.